The van der Waals surface area contributed by atoms with Crippen molar-refractivity contribution in [2.75, 3.05) is 6.61 Å². The van der Waals surface area contributed by atoms with Gasteiger partial charge in [0.2, 0.25) is 0 Å². The Kier molecular flexibility index (Phi) is 11.7. The van der Waals surface area contributed by atoms with Crippen LogP contribution < -0.4 is 0 Å². The summed E-state index contributed by atoms with van der Waals surface area (Å²) >= 11 is 0. The van der Waals surface area contributed by atoms with E-state index in [0.29, 0.717) is 18.6 Å². The van der Waals surface area contributed by atoms with E-state index in [0.717, 1.165) is 51.0 Å². The van der Waals surface area contributed by atoms with Crippen molar-refractivity contribution in [1.82, 2.24) is 0 Å². The zero-order valence-corrected chi connectivity index (χ0v) is 20.1. The number of alkyl halides is 11. The third kappa shape index (κ3) is 7.49. The zero-order chi connectivity index (χ0) is 28.5. The second-order valence-corrected chi connectivity index (χ2v) is 8.66. The molecule has 0 bridgehead atoms. The van der Waals surface area contributed by atoms with E-state index in [-0.39, 0.29) is 19.1 Å². The van der Waals surface area contributed by atoms with E-state index in [9.17, 15) is 53.1 Å². The molecular weight excluding hydrogens is 529 g/mol. The predicted molar refractivity (Wildman–Crippen MR) is 113 cm³/mol. The Labute approximate surface area is 207 Å². The molecule has 0 unspecified atom stereocenters. The van der Waals surface area contributed by atoms with Crippen LogP contribution in [0.4, 0.5) is 48.3 Å². The van der Waals surface area contributed by atoms with Crippen molar-refractivity contribution >= 4 is 5.97 Å². The molecule has 1 aromatic rings. The summed E-state index contributed by atoms with van der Waals surface area (Å²) in [4.78, 5) is 12.2. The zero-order valence-electron chi connectivity index (χ0n) is 20.1. The molecule has 0 atom stereocenters. The Morgan fingerprint density at radius 2 is 1.11 bits per heavy atom. The largest absolute Gasteiger partial charge is 0.462 e. The number of unbranched alkanes of at least 4 members (excludes halogenated alkanes) is 9. The van der Waals surface area contributed by atoms with Crippen LogP contribution in [0.3, 0.4) is 0 Å². The number of esters is 1. The van der Waals surface area contributed by atoms with Crippen molar-refractivity contribution in [3.8, 4) is 0 Å². The highest BCUT2D eigenvalue weighted by Gasteiger charge is 2.87. The molecule has 2 nitrogen and oxygen atoms in total. The second-order valence-electron chi connectivity index (χ2n) is 8.66. The average Bonchev–Trinajstić information content (AvgIpc) is 2.81. The highest BCUT2D eigenvalue weighted by atomic mass is 19.4. The van der Waals surface area contributed by atoms with Crippen LogP contribution in [0.25, 0.3) is 0 Å². The van der Waals surface area contributed by atoms with Crippen molar-refractivity contribution in [2.24, 2.45) is 0 Å². The summed E-state index contributed by atoms with van der Waals surface area (Å²) in [6, 6.07) is 2.00. The fraction of sp³-hybridized carbons (Fsp3) is 0.708. The molecule has 0 aliphatic carbocycles. The van der Waals surface area contributed by atoms with Crippen LogP contribution in [0.1, 0.15) is 87.1 Å². The summed E-state index contributed by atoms with van der Waals surface area (Å²) in [7, 11) is 0. The molecule has 0 heterocycles. The van der Waals surface area contributed by atoms with Gasteiger partial charge < -0.3 is 4.74 Å². The van der Waals surface area contributed by atoms with Crippen molar-refractivity contribution in [3.63, 3.8) is 0 Å². The molecule has 0 N–H and O–H groups in total. The number of carbonyl (C=O) groups excluding carboxylic acids is 1. The van der Waals surface area contributed by atoms with E-state index in [1.807, 2.05) is 0 Å². The third-order valence-electron chi connectivity index (χ3n) is 5.76. The van der Waals surface area contributed by atoms with E-state index in [2.05, 4.69) is 6.92 Å². The van der Waals surface area contributed by atoms with Crippen LogP contribution in [0.2, 0.25) is 0 Å². The standard InChI is InChI=1S/C24H29F11O2/c1-2-3-4-5-6-7-8-9-10-13-16-37-19(36)17-14-11-12-15-18(17)20(25,26)21(27,28)22(29,30)23(31,32)24(33,34)35/h11-12,14-15H,2-10,13,16H2,1H3. The van der Waals surface area contributed by atoms with Gasteiger partial charge in [-0.15, -0.1) is 0 Å². The molecular formula is C24H29F11O2. The van der Waals surface area contributed by atoms with Gasteiger partial charge in [0.1, 0.15) is 0 Å². The molecule has 0 aliphatic heterocycles. The average molecular weight is 558 g/mol. The molecule has 0 radical (unpaired) electrons. The molecule has 0 saturated heterocycles. The molecule has 0 spiro atoms. The Morgan fingerprint density at radius 1 is 0.649 bits per heavy atom. The molecule has 0 aromatic heterocycles. The summed E-state index contributed by atoms with van der Waals surface area (Å²) in [6.07, 6.45) is 1.90. The molecule has 214 valence electrons. The first-order valence-corrected chi connectivity index (χ1v) is 11.8. The second kappa shape index (κ2) is 13.1. The lowest BCUT2D eigenvalue weighted by molar-refractivity contribution is -0.424. The maximum atomic E-state index is 14.5. The van der Waals surface area contributed by atoms with Gasteiger partial charge in [0.05, 0.1) is 12.2 Å². The molecule has 0 amide bonds. The predicted octanol–water partition coefficient (Wildman–Crippen LogP) is 9.32. The Balaban J connectivity index is 2.86. The number of rotatable bonds is 16. The van der Waals surface area contributed by atoms with Gasteiger partial charge in [-0.1, -0.05) is 82.9 Å². The summed E-state index contributed by atoms with van der Waals surface area (Å²) in [5.74, 6) is -30.3. The maximum Gasteiger partial charge on any atom is 0.460 e. The number of ether oxygens (including phenoxy) is 1. The minimum Gasteiger partial charge on any atom is -0.462 e. The lowest BCUT2D eigenvalue weighted by Gasteiger charge is -2.37. The van der Waals surface area contributed by atoms with Crippen LogP contribution in [0.15, 0.2) is 24.3 Å². The van der Waals surface area contributed by atoms with E-state index in [1.54, 1.807) is 0 Å². The molecule has 0 aliphatic rings. The van der Waals surface area contributed by atoms with Gasteiger partial charge >= 0.3 is 35.8 Å². The number of hydrogen-bond acceptors (Lipinski definition) is 2. The monoisotopic (exact) mass is 558 g/mol. The quantitative estimate of drug-likeness (QED) is 0.115. The van der Waals surface area contributed by atoms with Crippen LogP contribution in [-0.2, 0) is 10.7 Å². The highest BCUT2D eigenvalue weighted by Crippen LogP contribution is 2.60. The minimum atomic E-state index is -7.56. The lowest BCUT2D eigenvalue weighted by Crippen LogP contribution is -2.65. The SMILES string of the molecule is CCCCCCCCCCCCOC(=O)c1ccccc1C(F)(F)C(F)(F)C(F)(F)C(F)(F)C(F)(F)F. The molecule has 0 fully saturated rings. The van der Waals surface area contributed by atoms with E-state index >= 15 is 0 Å². The van der Waals surface area contributed by atoms with Gasteiger partial charge in [0.25, 0.3) is 0 Å². The topological polar surface area (TPSA) is 26.3 Å². The van der Waals surface area contributed by atoms with Crippen LogP contribution in [0.5, 0.6) is 0 Å². The lowest BCUT2D eigenvalue weighted by atomic mass is 9.90. The number of halogens is 11. The summed E-state index contributed by atoms with van der Waals surface area (Å²) in [5, 5.41) is 0. The van der Waals surface area contributed by atoms with Crippen molar-refractivity contribution < 1.29 is 57.8 Å². The van der Waals surface area contributed by atoms with Crippen LogP contribution in [0, 0.1) is 0 Å². The van der Waals surface area contributed by atoms with Gasteiger partial charge in [-0.3, -0.25) is 0 Å². The Hall–Kier alpha value is -2.08. The Morgan fingerprint density at radius 3 is 1.59 bits per heavy atom. The van der Waals surface area contributed by atoms with Gasteiger partial charge in [-0.2, -0.15) is 48.3 Å². The molecule has 13 heteroatoms. The van der Waals surface area contributed by atoms with Gasteiger partial charge in [0, 0.05) is 5.56 Å². The first kappa shape index (κ1) is 32.9. The van der Waals surface area contributed by atoms with Crippen LogP contribution in [-0.4, -0.2) is 36.5 Å². The fourth-order valence-corrected chi connectivity index (χ4v) is 3.51. The van der Waals surface area contributed by atoms with E-state index < -0.39 is 47.0 Å². The van der Waals surface area contributed by atoms with Crippen molar-refractivity contribution in [1.29, 1.82) is 0 Å². The maximum absolute atomic E-state index is 14.5. The number of carbonyl (C=O) groups is 1. The molecule has 37 heavy (non-hydrogen) atoms. The highest BCUT2D eigenvalue weighted by molar-refractivity contribution is 5.91. The molecule has 0 saturated carbocycles. The number of benzene rings is 1. The smallest absolute Gasteiger partial charge is 0.460 e. The van der Waals surface area contributed by atoms with Gasteiger partial charge in [-0.05, 0) is 12.5 Å². The van der Waals surface area contributed by atoms with Crippen LogP contribution >= 0.6 is 0 Å². The summed E-state index contributed by atoms with van der Waals surface area (Å²) in [6.45, 7) is 1.76. The Bertz CT molecular complexity index is 851. The number of hydrogen-bond donors (Lipinski definition) is 0. The summed E-state index contributed by atoms with van der Waals surface area (Å²) in [5.41, 5.74) is -3.55. The van der Waals surface area contributed by atoms with Crippen molar-refractivity contribution in [2.45, 2.75) is 101 Å². The summed E-state index contributed by atoms with van der Waals surface area (Å²) < 4.78 is 152. The van der Waals surface area contributed by atoms with Gasteiger partial charge in [0.15, 0.2) is 0 Å². The fourth-order valence-electron chi connectivity index (χ4n) is 3.51. The van der Waals surface area contributed by atoms with Gasteiger partial charge in [-0.25, -0.2) is 4.79 Å². The minimum absolute atomic E-state index is 0.0484. The first-order valence-electron chi connectivity index (χ1n) is 11.8. The van der Waals surface area contributed by atoms with E-state index in [4.69, 9.17) is 4.74 Å². The molecule has 1 aromatic carbocycles. The molecule has 1 rings (SSSR count). The van der Waals surface area contributed by atoms with Crippen molar-refractivity contribution in [3.05, 3.63) is 35.4 Å². The third-order valence-corrected chi connectivity index (χ3v) is 5.76. The van der Waals surface area contributed by atoms with E-state index in [1.165, 1.54) is 6.42 Å². The first-order chi connectivity index (χ1) is 17.0. The normalized spacial score (nSPS) is 13.6.